The van der Waals surface area contributed by atoms with Crippen LogP contribution in [-0.2, 0) is 0 Å². The third kappa shape index (κ3) is 3.11. The SMILES string of the molecule is CN(C)c1ccc2cc(/C=C/c3ccncc3)ccc2c1. The van der Waals surface area contributed by atoms with Gasteiger partial charge in [-0.25, -0.2) is 0 Å². The second-order valence-corrected chi connectivity index (χ2v) is 5.30. The molecule has 0 atom stereocenters. The van der Waals surface area contributed by atoms with E-state index in [4.69, 9.17) is 0 Å². The Hall–Kier alpha value is -2.61. The molecule has 2 heteroatoms. The molecule has 3 rings (SSSR count). The van der Waals surface area contributed by atoms with Gasteiger partial charge in [0.25, 0.3) is 0 Å². The highest BCUT2D eigenvalue weighted by atomic mass is 15.1. The van der Waals surface area contributed by atoms with E-state index in [9.17, 15) is 0 Å². The first-order valence-electron chi connectivity index (χ1n) is 7.02. The predicted octanol–water partition coefficient (Wildman–Crippen LogP) is 4.47. The molecule has 0 aliphatic carbocycles. The summed E-state index contributed by atoms with van der Waals surface area (Å²) in [5, 5.41) is 2.53. The van der Waals surface area contributed by atoms with Crippen molar-refractivity contribution in [2.24, 2.45) is 0 Å². The van der Waals surface area contributed by atoms with Gasteiger partial charge >= 0.3 is 0 Å². The molecular weight excluding hydrogens is 256 g/mol. The minimum absolute atomic E-state index is 1.16. The number of pyridine rings is 1. The van der Waals surface area contributed by atoms with E-state index in [0.29, 0.717) is 0 Å². The first-order chi connectivity index (χ1) is 10.2. The van der Waals surface area contributed by atoms with Crippen molar-refractivity contribution in [2.45, 2.75) is 0 Å². The van der Waals surface area contributed by atoms with Gasteiger partial charge in [-0.05, 0) is 52.2 Å². The van der Waals surface area contributed by atoms with E-state index < -0.39 is 0 Å². The second kappa shape index (κ2) is 5.80. The molecule has 0 unspecified atom stereocenters. The van der Waals surface area contributed by atoms with Crippen LogP contribution in [0, 0.1) is 0 Å². The highest BCUT2D eigenvalue weighted by Crippen LogP contribution is 2.22. The van der Waals surface area contributed by atoms with Crippen molar-refractivity contribution in [2.75, 3.05) is 19.0 Å². The quantitative estimate of drug-likeness (QED) is 0.700. The maximum absolute atomic E-state index is 4.03. The van der Waals surface area contributed by atoms with Crippen molar-refractivity contribution in [3.05, 3.63) is 72.1 Å². The molecule has 2 aromatic carbocycles. The number of rotatable bonds is 3. The predicted molar refractivity (Wildman–Crippen MR) is 91.4 cm³/mol. The Morgan fingerprint density at radius 1 is 0.762 bits per heavy atom. The molecule has 0 radical (unpaired) electrons. The number of benzene rings is 2. The van der Waals surface area contributed by atoms with Crippen LogP contribution < -0.4 is 4.90 Å². The van der Waals surface area contributed by atoms with Crippen LogP contribution in [0.4, 0.5) is 5.69 Å². The monoisotopic (exact) mass is 274 g/mol. The zero-order valence-corrected chi connectivity index (χ0v) is 12.3. The van der Waals surface area contributed by atoms with Crippen molar-refractivity contribution in [3.8, 4) is 0 Å². The lowest BCUT2D eigenvalue weighted by atomic mass is 10.1. The maximum Gasteiger partial charge on any atom is 0.0367 e. The fourth-order valence-corrected chi connectivity index (χ4v) is 2.30. The molecule has 0 fully saturated rings. The molecule has 0 aliphatic heterocycles. The van der Waals surface area contributed by atoms with E-state index in [1.165, 1.54) is 22.0 Å². The maximum atomic E-state index is 4.03. The Balaban J connectivity index is 1.91. The van der Waals surface area contributed by atoms with Crippen molar-refractivity contribution in [1.29, 1.82) is 0 Å². The molecular formula is C19H18N2. The van der Waals surface area contributed by atoms with Crippen LogP contribution in [0.3, 0.4) is 0 Å². The standard InChI is InChI=1S/C19H18N2/c1-21(2)19-8-7-17-13-16(5-6-18(17)14-19)4-3-15-9-11-20-12-10-15/h3-14H,1-2H3/b4-3+. The van der Waals surface area contributed by atoms with E-state index in [1.807, 2.05) is 24.5 Å². The van der Waals surface area contributed by atoms with Gasteiger partial charge < -0.3 is 4.90 Å². The first-order valence-corrected chi connectivity index (χ1v) is 7.02. The first kappa shape index (κ1) is 13.4. The molecule has 0 N–H and O–H groups in total. The molecule has 0 bridgehead atoms. The summed E-state index contributed by atoms with van der Waals surface area (Å²) >= 11 is 0. The Kier molecular flexibility index (Phi) is 3.69. The Labute approximate surface area is 125 Å². The average Bonchev–Trinajstić information content (AvgIpc) is 2.53. The highest BCUT2D eigenvalue weighted by molar-refractivity contribution is 5.88. The van der Waals surface area contributed by atoms with Crippen LogP contribution in [0.2, 0.25) is 0 Å². The highest BCUT2D eigenvalue weighted by Gasteiger charge is 1.99. The van der Waals surface area contributed by atoms with Gasteiger partial charge in [0, 0.05) is 32.2 Å². The third-order valence-electron chi connectivity index (χ3n) is 3.54. The van der Waals surface area contributed by atoms with Crippen LogP contribution in [0.5, 0.6) is 0 Å². The fourth-order valence-electron chi connectivity index (χ4n) is 2.30. The molecule has 1 aromatic heterocycles. The van der Waals surface area contributed by atoms with E-state index >= 15 is 0 Å². The van der Waals surface area contributed by atoms with Crippen molar-refractivity contribution in [3.63, 3.8) is 0 Å². The van der Waals surface area contributed by atoms with E-state index in [1.54, 1.807) is 0 Å². The van der Waals surface area contributed by atoms with E-state index in [0.717, 1.165) is 5.56 Å². The van der Waals surface area contributed by atoms with Gasteiger partial charge in [0.15, 0.2) is 0 Å². The van der Waals surface area contributed by atoms with Gasteiger partial charge in [-0.1, -0.05) is 30.4 Å². The Morgan fingerprint density at radius 2 is 1.43 bits per heavy atom. The lowest BCUT2D eigenvalue weighted by molar-refractivity contribution is 1.14. The smallest absolute Gasteiger partial charge is 0.0367 e. The van der Waals surface area contributed by atoms with Crippen LogP contribution in [0.15, 0.2) is 60.9 Å². The number of anilines is 1. The number of fused-ring (bicyclic) bond motifs is 1. The molecule has 21 heavy (non-hydrogen) atoms. The molecule has 0 spiro atoms. The minimum atomic E-state index is 1.16. The Bertz CT molecular complexity index is 774. The summed E-state index contributed by atoms with van der Waals surface area (Å²) in [6.45, 7) is 0. The van der Waals surface area contributed by atoms with Crippen LogP contribution in [0.1, 0.15) is 11.1 Å². The van der Waals surface area contributed by atoms with E-state index in [2.05, 4.69) is 72.5 Å². The molecule has 2 nitrogen and oxygen atoms in total. The normalized spacial score (nSPS) is 11.1. The minimum Gasteiger partial charge on any atom is -0.378 e. The molecule has 0 amide bonds. The van der Waals surface area contributed by atoms with Crippen LogP contribution >= 0.6 is 0 Å². The summed E-state index contributed by atoms with van der Waals surface area (Å²) in [5.74, 6) is 0. The van der Waals surface area contributed by atoms with Gasteiger partial charge in [-0.15, -0.1) is 0 Å². The summed E-state index contributed by atoms with van der Waals surface area (Å²) in [6, 6.07) is 17.1. The van der Waals surface area contributed by atoms with Crippen LogP contribution in [0.25, 0.3) is 22.9 Å². The number of aromatic nitrogens is 1. The van der Waals surface area contributed by atoms with Crippen molar-refractivity contribution >= 4 is 28.6 Å². The fraction of sp³-hybridized carbons (Fsp3) is 0.105. The largest absolute Gasteiger partial charge is 0.378 e. The molecule has 1 heterocycles. The topological polar surface area (TPSA) is 16.1 Å². The number of hydrogen-bond acceptors (Lipinski definition) is 2. The molecule has 3 aromatic rings. The number of nitrogens with zero attached hydrogens (tertiary/aromatic N) is 2. The van der Waals surface area contributed by atoms with Gasteiger partial charge in [0.2, 0.25) is 0 Å². The van der Waals surface area contributed by atoms with Gasteiger partial charge in [0.1, 0.15) is 0 Å². The number of hydrogen-bond donors (Lipinski definition) is 0. The zero-order chi connectivity index (χ0) is 14.7. The van der Waals surface area contributed by atoms with Crippen molar-refractivity contribution < 1.29 is 0 Å². The molecule has 0 saturated heterocycles. The molecule has 0 saturated carbocycles. The third-order valence-corrected chi connectivity index (χ3v) is 3.54. The van der Waals surface area contributed by atoms with E-state index in [-0.39, 0.29) is 0 Å². The summed E-state index contributed by atoms with van der Waals surface area (Å²) in [6.07, 6.45) is 7.86. The van der Waals surface area contributed by atoms with Crippen LogP contribution in [-0.4, -0.2) is 19.1 Å². The summed E-state index contributed by atoms with van der Waals surface area (Å²) in [7, 11) is 4.12. The molecule has 0 aliphatic rings. The summed E-state index contributed by atoms with van der Waals surface area (Å²) < 4.78 is 0. The lowest BCUT2D eigenvalue weighted by Crippen LogP contribution is -2.07. The average molecular weight is 274 g/mol. The van der Waals surface area contributed by atoms with Crippen molar-refractivity contribution in [1.82, 2.24) is 4.98 Å². The van der Waals surface area contributed by atoms with Gasteiger partial charge in [-0.2, -0.15) is 0 Å². The zero-order valence-electron chi connectivity index (χ0n) is 12.3. The summed E-state index contributed by atoms with van der Waals surface area (Å²) in [5.41, 5.74) is 3.59. The lowest BCUT2D eigenvalue weighted by Gasteiger charge is -2.13. The van der Waals surface area contributed by atoms with Gasteiger partial charge in [0.05, 0.1) is 0 Å². The summed E-state index contributed by atoms with van der Waals surface area (Å²) in [4.78, 5) is 6.15. The second-order valence-electron chi connectivity index (χ2n) is 5.30. The Morgan fingerprint density at radius 3 is 2.19 bits per heavy atom. The molecule has 104 valence electrons. The van der Waals surface area contributed by atoms with Gasteiger partial charge in [-0.3, -0.25) is 4.98 Å².